The molecular weight excluding hydrogens is 295 g/mol. The number of pyridine rings is 1. The van der Waals surface area contributed by atoms with Gasteiger partial charge in [-0.05, 0) is 24.6 Å². The van der Waals surface area contributed by atoms with Gasteiger partial charge in [0.15, 0.2) is 0 Å². The van der Waals surface area contributed by atoms with Gasteiger partial charge in [0.1, 0.15) is 11.8 Å². The number of alkyl halides is 1. The summed E-state index contributed by atoms with van der Waals surface area (Å²) in [4.78, 5) is 15.2. The van der Waals surface area contributed by atoms with Crippen molar-refractivity contribution in [2.75, 3.05) is 11.9 Å². The van der Waals surface area contributed by atoms with Crippen molar-refractivity contribution in [1.82, 2.24) is 10.3 Å². The molecule has 0 aliphatic carbocycles. The van der Waals surface area contributed by atoms with Crippen LogP contribution in [0.15, 0.2) is 12.1 Å². The van der Waals surface area contributed by atoms with E-state index in [9.17, 15) is 4.79 Å². The number of nitrogens with one attached hydrogen (secondary N) is 1. The molecule has 0 aromatic carbocycles. The van der Waals surface area contributed by atoms with E-state index in [0.717, 1.165) is 11.3 Å². The van der Waals surface area contributed by atoms with Crippen molar-refractivity contribution in [1.29, 1.82) is 0 Å². The first-order chi connectivity index (χ1) is 7.61. The standard InChI is InChI=1S/C10H12BrClN2O2/c1-7-4-8(5-9(12)14-7)6-13-10(15)16-3-2-11/h4-5H,2-3,6H2,1H3,(H,13,15). The van der Waals surface area contributed by atoms with Crippen molar-refractivity contribution in [2.45, 2.75) is 13.5 Å². The number of rotatable bonds is 4. The van der Waals surface area contributed by atoms with Gasteiger partial charge in [-0.25, -0.2) is 9.78 Å². The summed E-state index contributed by atoms with van der Waals surface area (Å²) in [6, 6.07) is 3.57. The summed E-state index contributed by atoms with van der Waals surface area (Å²) in [6.45, 7) is 2.57. The third kappa shape index (κ3) is 4.81. The van der Waals surface area contributed by atoms with Gasteiger partial charge in [-0.3, -0.25) is 0 Å². The van der Waals surface area contributed by atoms with Crippen molar-refractivity contribution < 1.29 is 9.53 Å². The van der Waals surface area contributed by atoms with Crippen LogP contribution in [-0.2, 0) is 11.3 Å². The summed E-state index contributed by atoms with van der Waals surface area (Å²) >= 11 is 8.95. The fourth-order valence-electron chi connectivity index (χ4n) is 1.15. The summed E-state index contributed by atoms with van der Waals surface area (Å²) in [6.07, 6.45) is -0.440. The fraction of sp³-hybridized carbons (Fsp3) is 0.400. The van der Waals surface area contributed by atoms with Gasteiger partial charge in [0.2, 0.25) is 0 Å². The van der Waals surface area contributed by atoms with E-state index in [0.29, 0.717) is 23.6 Å². The monoisotopic (exact) mass is 306 g/mol. The fourth-order valence-corrected chi connectivity index (χ4v) is 1.59. The van der Waals surface area contributed by atoms with Gasteiger partial charge in [-0.2, -0.15) is 0 Å². The lowest BCUT2D eigenvalue weighted by atomic mass is 10.2. The first kappa shape index (κ1) is 13.3. The summed E-state index contributed by atoms with van der Waals surface area (Å²) in [5.41, 5.74) is 1.71. The van der Waals surface area contributed by atoms with E-state index in [2.05, 4.69) is 26.2 Å². The number of hydrogen-bond donors (Lipinski definition) is 1. The number of carbonyl (C=O) groups is 1. The minimum absolute atomic E-state index is 0.349. The van der Waals surface area contributed by atoms with Crippen LogP contribution in [0, 0.1) is 6.92 Å². The summed E-state index contributed by atoms with van der Waals surface area (Å²) in [7, 11) is 0. The molecule has 0 aliphatic heterocycles. The molecule has 0 unspecified atom stereocenters. The predicted octanol–water partition coefficient (Wildman–Crippen LogP) is 2.66. The van der Waals surface area contributed by atoms with Crippen LogP contribution < -0.4 is 5.32 Å². The zero-order valence-electron chi connectivity index (χ0n) is 8.80. The molecule has 0 saturated heterocycles. The summed E-state index contributed by atoms with van der Waals surface area (Å²) < 4.78 is 4.83. The van der Waals surface area contributed by atoms with Crippen LogP contribution >= 0.6 is 27.5 Å². The maximum Gasteiger partial charge on any atom is 0.407 e. The highest BCUT2D eigenvalue weighted by molar-refractivity contribution is 9.09. The largest absolute Gasteiger partial charge is 0.449 e. The molecule has 0 fully saturated rings. The average Bonchev–Trinajstić information content (AvgIpc) is 2.22. The lowest BCUT2D eigenvalue weighted by molar-refractivity contribution is 0.153. The number of amides is 1. The van der Waals surface area contributed by atoms with Crippen LogP contribution in [0.3, 0.4) is 0 Å². The van der Waals surface area contributed by atoms with Crippen molar-refractivity contribution >= 4 is 33.6 Å². The number of carbonyl (C=O) groups excluding carboxylic acids is 1. The highest BCUT2D eigenvalue weighted by Gasteiger charge is 2.03. The molecule has 1 aromatic rings. The maximum absolute atomic E-state index is 11.1. The molecule has 88 valence electrons. The SMILES string of the molecule is Cc1cc(CNC(=O)OCCBr)cc(Cl)n1. The van der Waals surface area contributed by atoms with Crippen LogP contribution in [0.2, 0.25) is 5.15 Å². The smallest absolute Gasteiger partial charge is 0.407 e. The Labute approximate surface area is 107 Å². The molecule has 0 aliphatic rings. The highest BCUT2D eigenvalue weighted by Crippen LogP contribution is 2.09. The molecule has 0 saturated carbocycles. The Morgan fingerprint density at radius 1 is 1.62 bits per heavy atom. The van der Waals surface area contributed by atoms with Crippen LogP contribution in [-0.4, -0.2) is 23.0 Å². The van der Waals surface area contributed by atoms with Crippen molar-refractivity contribution in [2.24, 2.45) is 0 Å². The number of halogens is 2. The van der Waals surface area contributed by atoms with E-state index < -0.39 is 6.09 Å². The molecular formula is C10H12BrClN2O2. The zero-order valence-corrected chi connectivity index (χ0v) is 11.1. The number of aromatic nitrogens is 1. The molecule has 0 spiro atoms. The highest BCUT2D eigenvalue weighted by atomic mass is 79.9. The zero-order chi connectivity index (χ0) is 12.0. The molecule has 1 heterocycles. The van der Waals surface area contributed by atoms with E-state index in [1.165, 1.54) is 0 Å². The number of alkyl carbamates (subject to hydrolysis) is 1. The van der Waals surface area contributed by atoms with Gasteiger partial charge < -0.3 is 10.1 Å². The average molecular weight is 308 g/mol. The lowest BCUT2D eigenvalue weighted by Gasteiger charge is -2.06. The van der Waals surface area contributed by atoms with Gasteiger partial charge in [-0.15, -0.1) is 0 Å². The molecule has 0 atom stereocenters. The van der Waals surface area contributed by atoms with E-state index in [1.807, 2.05) is 13.0 Å². The van der Waals surface area contributed by atoms with E-state index in [-0.39, 0.29) is 0 Å². The molecule has 6 heteroatoms. The van der Waals surface area contributed by atoms with Crippen LogP contribution in [0.25, 0.3) is 0 Å². The Morgan fingerprint density at radius 2 is 2.38 bits per heavy atom. The Kier molecular flexibility index (Phi) is 5.55. The first-order valence-electron chi connectivity index (χ1n) is 4.71. The van der Waals surface area contributed by atoms with Gasteiger partial charge in [0.05, 0.1) is 0 Å². The number of aryl methyl sites for hydroxylation is 1. The minimum atomic E-state index is -0.440. The molecule has 4 nitrogen and oxygen atoms in total. The van der Waals surface area contributed by atoms with Crippen molar-refractivity contribution in [3.05, 3.63) is 28.5 Å². The first-order valence-corrected chi connectivity index (χ1v) is 6.21. The van der Waals surface area contributed by atoms with Crippen LogP contribution in [0.4, 0.5) is 4.79 Å². The quantitative estimate of drug-likeness (QED) is 0.687. The second-order valence-corrected chi connectivity index (χ2v) is 4.30. The maximum atomic E-state index is 11.1. The third-order valence-electron chi connectivity index (χ3n) is 1.73. The Balaban J connectivity index is 2.45. The van der Waals surface area contributed by atoms with E-state index in [1.54, 1.807) is 6.07 Å². The Bertz CT molecular complexity index is 354. The van der Waals surface area contributed by atoms with Gasteiger partial charge in [0, 0.05) is 17.6 Å². The summed E-state index contributed by atoms with van der Waals surface area (Å²) in [5.74, 6) is 0. The molecule has 1 rings (SSSR count). The van der Waals surface area contributed by atoms with Gasteiger partial charge in [0.25, 0.3) is 0 Å². The molecule has 1 amide bonds. The summed E-state index contributed by atoms with van der Waals surface area (Å²) in [5, 5.41) is 3.67. The molecule has 16 heavy (non-hydrogen) atoms. The third-order valence-corrected chi connectivity index (χ3v) is 2.25. The van der Waals surface area contributed by atoms with Crippen LogP contribution in [0.5, 0.6) is 0 Å². The normalized spacial score (nSPS) is 9.94. The van der Waals surface area contributed by atoms with E-state index in [4.69, 9.17) is 16.3 Å². The molecule has 0 bridgehead atoms. The molecule has 1 N–H and O–H groups in total. The number of hydrogen-bond acceptors (Lipinski definition) is 3. The molecule has 0 radical (unpaired) electrons. The van der Waals surface area contributed by atoms with Crippen molar-refractivity contribution in [3.63, 3.8) is 0 Å². The number of ether oxygens (including phenoxy) is 1. The Hall–Kier alpha value is -0.810. The topological polar surface area (TPSA) is 51.2 Å². The second kappa shape index (κ2) is 6.70. The second-order valence-electron chi connectivity index (χ2n) is 3.12. The minimum Gasteiger partial charge on any atom is -0.449 e. The molecule has 1 aromatic heterocycles. The van der Waals surface area contributed by atoms with Crippen molar-refractivity contribution in [3.8, 4) is 0 Å². The predicted molar refractivity (Wildman–Crippen MR) is 66.0 cm³/mol. The number of nitrogens with zero attached hydrogens (tertiary/aromatic N) is 1. The van der Waals surface area contributed by atoms with Gasteiger partial charge >= 0.3 is 6.09 Å². The van der Waals surface area contributed by atoms with E-state index >= 15 is 0 Å². The van der Waals surface area contributed by atoms with Gasteiger partial charge in [-0.1, -0.05) is 27.5 Å². The lowest BCUT2D eigenvalue weighted by Crippen LogP contribution is -2.24. The van der Waals surface area contributed by atoms with Crippen LogP contribution in [0.1, 0.15) is 11.3 Å². The Morgan fingerprint density at radius 3 is 3.00 bits per heavy atom.